The van der Waals surface area contributed by atoms with Crippen molar-refractivity contribution in [2.45, 2.75) is 5.92 Å². The van der Waals surface area contributed by atoms with Crippen LogP contribution in [0.2, 0.25) is 0 Å². The van der Waals surface area contributed by atoms with Crippen LogP contribution < -0.4 is 25.8 Å². The molecule has 0 saturated carbocycles. The van der Waals surface area contributed by atoms with Crippen LogP contribution in [0.15, 0.2) is 42.5 Å². The third-order valence-corrected chi connectivity index (χ3v) is 3.86. The van der Waals surface area contributed by atoms with E-state index >= 15 is 0 Å². The Morgan fingerprint density at radius 2 is 1.62 bits per heavy atom. The van der Waals surface area contributed by atoms with Gasteiger partial charge in [-0.15, -0.1) is 12.4 Å². The summed E-state index contributed by atoms with van der Waals surface area (Å²) in [7, 11) is 2.76. The normalized spacial score (nSPS) is 10.5. The summed E-state index contributed by atoms with van der Waals surface area (Å²) in [5.74, 6) is -4.09. The molecule has 158 valence electrons. The SMILES string of the molecule is COc1cc(NC(=O)c2ccccc2)c(C(=O)NCC(F)(F)CN)cc1OC.Cl. The Morgan fingerprint density at radius 1 is 1.03 bits per heavy atom. The number of carbonyl (C=O) groups is 2. The Kier molecular flexibility index (Phi) is 8.81. The van der Waals surface area contributed by atoms with Gasteiger partial charge < -0.3 is 25.8 Å². The summed E-state index contributed by atoms with van der Waals surface area (Å²) in [4.78, 5) is 24.9. The van der Waals surface area contributed by atoms with Crippen molar-refractivity contribution in [1.29, 1.82) is 0 Å². The quantitative estimate of drug-likeness (QED) is 0.598. The molecular formula is C19H22ClF2N3O4. The third-order valence-electron chi connectivity index (χ3n) is 3.86. The Morgan fingerprint density at radius 3 is 2.17 bits per heavy atom. The van der Waals surface area contributed by atoms with E-state index in [-0.39, 0.29) is 35.2 Å². The predicted molar refractivity (Wildman–Crippen MR) is 108 cm³/mol. The molecule has 7 nitrogen and oxygen atoms in total. The van der Waals surface area contributed by atoms with Crippen molar-refractivity contribution in [1.82, 2.24) is 5.32 Å². The Hall–Kier alpha value is -2.91. The van der Waals surface area contributed by atoms with E-state index in [0.717, 1.165) is 0 Å². The van der Waals surface area contributed by atoms with Gasteiger partial charge in [0.15, 0.2) is 11.5 Å². The zero-order valence-corrected chi connectivity index (χ0v) is 16.6. The van der Waals surface area contributed by atoms with Gasteiger partial charge in [-0.1, -0.05) is 18.2 Å². The fourth-order valence-electron chi connectivity index (χ4n) is 2.33. The number of hydrogen-bond acceptors (Lipinski definition) is 5. The lowest BCUT2D eigenvalue weighted by Gasteiger charge is -2.18. The second-order valence-corrected chi connectivity index (χ2v) is 5.82. The minimum absolute atomic E-state index is 0. The molecule has 0 fully saturated rings. The highest BCUT2D eigenvalue weighted by atomic mass is 35.5. The molecule has 0 heterocycles. The number of ether oxygens (including phenoxy) is 2. The van der Waals surface area contributed by atoms with Crippen LogP contribution in [0.1, 0.15) is 20.7 Å². The van der Waals surface area contributed by atoms with Crippen LogP contribution in [-0.4, -0.2) is 45.0 Å². The lowest BCUT2D eigenvalue weighted by Crippen LogP contribution is -2.41. The van der Waals surface area contributed by atoms with E-state index in [1.807, 2.05) is 0 Å². The monoisotopic (exact) mass is 429 g/mol. The topological polar surface area (TPSA) is 103 Å². The van der Waals surface area contributed by atoms with Crippen molar-refractivity contribution in [3.8, 4) is 11.5 Å². The first-order valence-corrected chi connectivity index (χ1v) is 8.30. The Balaban J connectivity index is 0.00000420. The highest BCUT2D eigenvalue weighted by Crippen LogP contribution is 2.33. The van der Waals surface area contributed by atoms with E-state index in [9.17, 15) is 18.4 Å². The van der Waals surface area contributed by atoms with Crippen molar-refractivity contribution in [2.75, 3.05) is 32.6 Å². The van der Waals surface area contributed by atoms with Crippen molar-refractivity contribution in [2.24, 2.45) is 5.73 Å². The molecule has 2 amide bonds. The number of amides is 2. The number of alkyl halides is 2. The summed E-state index contributed by atoms with van der Waals surface area (Å²) in [5, 5.41) is 4.71. The molecule has 0 saturated heterocycles. The van der Waals surface area contributed by atoms with E-state index in [0.29, 0.717) is 5.56 Å². The molecule has 2 aromatic carbocycles. The maximum atomic E-state index is 13.4. The molecule has 0 aliphatic rings. The van der Waals surface area contributed by atoms with E-state index < -0.39 is 30.8 Å². The number of nitrogens with two attached hydrogens (primary N) is 1. The van der Waals surface area contributed by atoms with Gasteiger partial charge in [0.05, 0.1) is 38.6 Å². The van der Waals surface area contributed by atoms with Crippen molar-refractivity contribution < 1.29 is 27.8 Å². The maximum absolute atomic E-state index is 13.4. The van der Waals surface area contributed by atoms with Crippen LogP contribution in [0.5, 0.6) is 11.5 Å². The van der Waals surface area contributed by atoms with E-state index in [2.05, 4.69) is 10.6 Å². The molecule has 0 aromatic heterocycles. The van der Waals surface area contributed by atoms with Crippen LogP contribution in [0.3, 0.4) is 0 Å². The number of hydrogen-bond donors (Lipinski definition) is 3. The number of carbonyl (C=O) groups excluding carboxylic acids is 2. The molecular weight excluding hydrogens is 408 g/mol. The highest BCUT2D eigenvalue weighted by Gasteiger charge is 2.28. The molecule has 10 heteroatoms. The second-order valence-electron chi connectivity index (χ2n) is 5.82. The summed E-state index contributed by atoms with van der Waals surface area (Å²) in [6.07, 6.45) is 0. The third kappa shape index (κ3) is 6.30. The molecule has 0 radical (unpaired) electrons. The molecule has 2 aromatic rings. The number of nitrogens with one attached hydrogen (secondary N) is 2. The first kappa shape index (κ1) is 24.1. The van der Waals surface area contributed by atoms with Crippen LogP contribution in [0.4, 0.5) is 14.5 Å². The molecule has 29 heavy (non-hydrogen) atoms. The van der Waals surface area contributed by atoms with Gasteiger partial charge >= 0.3 is 0 Å². The lowest BCUT2D eigenvalue weighted by atomic mass is 10.1. The molecule has 0 aliphatic heterocycles. The van der Waals surface area contributed by atoms with Crippen molar-refractivity contribution in [3.05, 3.63) is 53.6 Å². The van der Waals surface area contributed by atoms with Crippen LogP contribution in [0, 0.1) is 0 Å². The Bertz CT molecular complexity index is 851. The first-order valence-electron chi connectivity index (χ1n) is 8.30. The first-order chi connectivity index (χ1) is 13.3. The van der Waals surface area contributed by atoms with Gasteiger partial charge in [-0.2, -0.15) is 0 Å². The highest BCUT2D eigenvalue weighted by molar-refractivity contribution is 6.09. The zero-order valence-electron chi connectivity index (χ0n) is 15.8. The second kappa shape index (κ2) is 10.6. The molecule has 4 N–H and O–H groups in total. The molecule has 0 aliphatic carbocycles. The van der Waals surface area contributed by atoms with Gasteiger partial charge in [-0.25, -0.2) is 8.78 Å². The fourth-order valence-corrected chi connectivity index (χ4v) is 2.33. The summed E-state index contributed by atoms with van der Waals surface area (Å²) >= 11 is 0. The molecule has 0 atom stereocenters. The number of benzene rings is 2. The maximum Gasteiger partial charge on any atom is 0.277 e. The lowest BCUT2D eigenvalue weighted by molar-refractivity contribution is 0.0118. The smallest absolute Gasteiger partial charge is 0.277 e. The summed E-state index contributed by atoms with van der Waals surface area (Å²) in [5.41, 5.74) is 5.36. The van der Waals surface area contributed by atoms with Gasteiger partial charge in [0.25, 0.3) is 17.7 Å². The van der Waals surface area contributed by atoms with Crippen LogP contribution in [0.25, 0.3) is 0 Å². The fraction of sp³-hybridized carbons (Fsp3) is 0.263. The standard InChI is InChI=1S/C19H21F2N3O4.ClH/c1-27-15-8-13(18(26)23-11-19(20,21)10-22)14(9-16(15)28-2)24-17(25)12-6-4-3-5-7-12;/h3-9H,10-11,22H2,1-2H3,(H,23,26)(H,24,25);1H. The number of anilines is 1. The number of rotatable bonds is 8. The minimum Gasteiger partial charge on any atom is -0.493 e. The van der Waals surface area contributed by atoms with Crippen molar-refractivity contribution >= 4 is 29.9 Å². The van der Waals surface area contributed by atoms with Crippen molar-refractivity contribution in [3.63, 3.8) is 0 Å². The van der Waals surface area contributed by atoms with Gasteiger partial charge in [0.2, 0.25) is 0 Å². The molecule has 0 bridgehead atoms. The average Bonchev–Trinajstić information content (AvgIpc) is 2.72. The van der Waals surface area contributed by atoms with Gasteiger partial charge in [-0.05, 0) is 18.2 Å². The minimum atomic E-state index is -3.25. The van der Waals surface area contributed by atoms with E-state index in [1.54, 1.807) is 30.3 Å². The summed E-state index contributed by atoms with van der Waals surface area (Å²) in [6.45, 7) is -1.85. The molecule has 2 rings (SSSR count). The number of methoxy groups -OCH3 is 2. The number of halogens is 3. The average molecular weight is 430 g/mol. The summed E-state index contributed by atoms with van der Waals surface area (Å²) < 4.78 is 37.1. The van der Waals surface area contributed by atoms with Gasteiger partial charge in [-0.3, -0.25) is 9.59 Å². The predicted octanol–water partition coefficient (Wildman–Crippen LogP) is 2.70. The molecule has 0 spiro atoms. The zero-order chi connectivity index (χ0) is 20.7. The van der Waals surface area contributed by atoms with E-state index in [1.165, 1.54) is 26.4 Å². The summed E-state index contributed by atoms with van der Waals surface area (Å²) in [6, 6.07) is 11.0. The largest absolute Gasteiger partial charge is 0.493 e. The van der Waals surface area contributed by atoms with E-state index in [4.69, 9.17) is 15.2 Å². The molecule has 0 unspecified atom stereocenters. The van der Waals surface area contributed by atoms with Gasteiger partial charge in [0.1, 0.15) is 0 Å². The van der Waals surface area contributed by atoms with Crippen LogP contribution in [-0.2, 0) is 0 Å². The Labute approximate surface area is 173 Å². The van der Waals surface area contributed by atoms with Crippen LogP contribution >= 0.6 is 12.4 Å². The van der Waals surface area contributed by atoms with Gasteiger partial charge in [0, 0.05) is 11.6 Å².